The van der Waals surface area contributed by atoms with Crippen LogP contribution in [0.25, 0.3) is 0 Å². The minimum Gasteiger partial charge on any atom is -0.491 e. The number of benzene rings is 1. The van der Waals surface area contributed by atoms with E-state index in [2.05, 4.69) is 17.4 Å². The van der Waals surface area contributed by atoms with Crippen LogP contribution in [-0.4, -0.2) is 51.5 Å². The summed E-state index contributed by atoms with van der Waals surface area (Å²) in [5.41, 5.74) is 1.95. The molecule has 0 bridgehead atoms. The number of ether oxygens (including phenoxy) is 2. The predicted octanol–water partition coefficient (Wildman–Crippen LogP) is 4.08. The molecule has 3 aliphatic heterocycles. The fourth-order valence-electron chi connectivity index (χ4n) is 5.21. The third kappa shape index (κ3) is 4.96. The molecule has 2 atom stereocenters. The molecule has 0 saturated carbocycles. The number of sulfonamides is 1. The molecule has 2 fully saturated rings. The smallest absolute Gasteiger partial charge is 0.252 e. The lowest BCUT2D eigenvalue weighted by Crippen LogP contribution is -2.45. The van der Waals surface area contributed by atoms with Crippen molar-refractivity contribution in [2.45, 2.75) is 42.2 Å². The van der Waals surface area contributed by atoms with Crippen molar-refractivity contribution in [2.75, 3.05) is 38.2 Å². The van der Waals surface area contributed by atoms with Crippen molar-refractivity contribution in [3.05, 3.63) is 41.3 Å². The maximum absolute atomic E-state index is 13.0. The van der Waals surface area contributed by atoms with Gasteiger partial charge >= 0.3 is 0 Å². The lowest BCUT2D eigenvalue weighted by Gasteiger charge is -2.38. The molecule has 0 aliphatic carbocycles. The molecular weight excluding hydrogens is 460 g/mol. The second kappa shape index (κ2) is 9.74. The molecule has 2 saturated heterocycles. The van der Waals surface area contributed by atoms with Crippen LogP contribution in [0.2, 0.25) is 0 Å². The van der Waals surface area contributed by atoms with Crippen LogP contribution in [-0.2, 0) is 19.6 Å². The summed E-state index contributed by atoms with van der Waals surface area (Å²) in [5, 5.41) is 4.87. The topological polar surface area (TPSA) is 84.9 Å². The SMILES string of the molecule is O=C1C[C@@H]2CCN(S(=O)(=O)c3cccs3)C[C@@H]2CCOc2ccc(C3CCOCC3)cc2N1. The van der Waals surface area contributed by atoms with E-state index in [0.29, 0.717) is 48.4 Å². The molecule has 1 N–H and O–H groups in total. The number of fused-ring (bicyclic) bond motifs is 2. The highest BCUT2D eigenvalue weighted by Crippen LogP contribution is 2.37. The minimum atomic E-state index is -3.48. The lowest BCUT2D eigenvalue weighted by molar-refractivity contribution is -0.117. The van der Waals surface area contributed by atoms with Crippen molar-refractivity contribution in [1.82, 2.24) is 4.31 Å². The summed E-state index contributed by atoms with van der Waals surface area (Å²) in [4.78, 5) is 13.0. The van der Waals surface area contributed by atoms with Gasteiger partial charge in [-0.2, -0.15) is 4.31 Å². The van der Waals surface area contributed by atoms with E-state index >= 15 is 0 Å². The van der Waals surface area contributed by atoms with Gasteiger partial charge in [0, 0.05) is 32.7 Å². The zero-order valence-electron chi connectivity index (χ0n) is 18.6. The Balaban J connectivity index is 1.32. The zero-order valence-corrected chi connectivity index (χ0v) is 20.2. The van der Waals surface area contributed by atoms with Crippen molar-refractivity contribution < 1.29 is 22.7 Å². The molecule has 4 heterocycles. The van der Waals surface area contributed by atoms with Crippen molar-refractivity contribution in [3.63, 3.8) is 0 Å². The van der Waals surface area contributed by atoms with Crippen LogP contribution < -0.4 is 10.1 Å². The highest BCUT2D eigenvalue weighted by Gasteiger charge is 2.37. The molecule has 7 nitrogen and oxygen atoms in total. The Hall–Kier alpha value is -1.94. The van der Waals surface area contributed by atoms with E-state index in [0.717, 1.165) is 38.2 Å². The fourth-order valence-corrected chi connectivity index (χ4v) is 7.87. The second-order valence-corrected chi connectivity index (χ2v) is 12.2. The molecule has 178 valence electrons. The van der Waals surface area contributed by atoms with Crippen molar-refractivity contribution in [1.29, 1.82) is 0 Å². The summed E-state index contributed by atoms with van der Waals surface area (Å²) in [5.74, 6) is 1.31. The highest BCUT2D eigenvalue weighted by molar-refractivity contribution is 7.91. The van der Waals surface area contributed by atoms with Gasteiger partial charge in [0.1, 0.15) is 9.96 Å². The summed E-state index contributed by atoms with van der Waals surface area (Å²) >= 11 is 1.24. The van der Waals surface area contributed by atoms with Gasteiger partial charge in [-0.25, -0.2) is 8.42 Å². The van der Waals surface area contributed by atoms with E-state index in [1.165, 1.54) is 16.9 Å². The summed E-state index contributed by atoms with van der Waals surface area (Å²) in [6.45, 7) is 2.91. The Morgan fingerprint density at radius 3 is 2.67 bits per heavy atom. The first-order chi connectivity index (χ1) is 16.0. The maximum atomic E-state index is 13.0. The van der Waals surface area contributed by atoms with E-state index in [-0.39, 0.29) is 17.7 Å². The van der Waals surface area contributed by atoms with Gasteiger partial charge in [0.05, 0.1) is 12.3 Å². The molecular formula is C24H30N2O5S2. The van der Waals surface area contributed by atoms with Gasteiger partial charge < -0.3 is 14.8 Å². The van der Waals surface area contributed by atoms with Crippen LogP contribution >= 0.6 is 11.3 Å². The number of rotatable bonds is 3. The van der Waals surface area contributed by atoms with E-state index in [4.69, 9.17) is 9.47 Å². The molecule has 0 unspecified atom stereocenters. The number of hydrogen-bond donors (Lipinski definition) is 1. The fraction of sp³-hybridized carbons (Fsp3) is 0.542. The maximum Gasteiger partial charge on any atom is 0.252 e. The summed E-state index contributed by atoms with van der Waals surface area (Å²) in [7, 11) is -3.48. The Kier molecular flexibility index (Phi) is 6.74. The lowest BCUT2D eigenvalue weighted by atomic mass is 9.81. The van der Waals surface area contributed by atoms with Crippen LogP contribution in [0.4, 0.5) is 5.69 Å². The Morgan fingerprint density at radius 1 is 1.03 bits per heavy atom. The molecule has 3 aliphatic rings. The number of thiophene rings is 1. The Labute approximate surface area is 199 Å². The van der Waals surface area contributed by atoms with Gasteiger partial charge in [0.15, 0.2) is 0 Å². The summed E-state index contributed by atoms with van der Waals surface area (Å²) < 4.78 is 39.5. The van der Waals surface area contributed by atoms with Crippen LogP contribution in [0.15, 0.2) is 39.9 Å². The van der Waals surface area contributed by atoms with Crippen molar-refractivity contribution in [2.24, 2.45) is 11.8 Å². The van der Waals surface area contributed by atoms with Gasteiger partial charge in [-0.3, -0.25) is 4.79 Å². The molecule has 0 radical (unpaired) electrons. The van der Waals surface area contributed by atoms with Gasteiger partial charge in [-0.15, -0.1) is 11.3 Å². The van der Waals surface area contributed by atoms with Crippen LogP contribution in [0.1, 0.15) is 43.6 Å². The zero-order chi connectivity index (χ0) is 22.8. The molecule has 1 aromatic carbocycles. The largest absolute Gasteiger partial charge is 0.491 e. The summed E-state index contributed by atoms with van der Waals surface area (Å²) in [6, 6.07) is 9.51. The number of amides is 1. The Morgan fingerprint density at radius 2 is 1.88 bits per heavy atom. The standard InChI is InChI=1S/C24H30N2O5S2/c27-23-15-19-5-9-26(33(28,29)24-2-1-13-32-24)16-20(19)8-12-31-22-4-3-18(14-21(22)25-23)17-6-10-30-11-7-17/h1-4,13-14,17,19-20H,5-12,15-16H2,(H,25,27)/t19-,20-/m0/s1. The number of nitrogens with one attached hydrogen (secondary N) is 1. The van der Waals surface area contributed by atoms with E-state index < -0.39 is 10.0 Å². The number of carbonyl (C=O) groups is 1. The van der Waals surface area contributed by atoms with Gasteiger partial charge in [0.2, 0.25) is 5.91 Å². The normalized spacial score (nSPS) is 25.4. The third-order valence-corrected chi connectivity index (χ3v) is 10.3. The molecule has 0 spiro atoms. The van der Waals surface area contributed by atoms with E-state index in [1.807, 2.05) is 6.07 Å². The average molecular weight is 491 g/mol. The van der Waals surface area contributed by atoms with E-state index in [9.17, 15) is 13.2 Å². The molecule has 33 heavy (non-hydrogen) atoms. The predicted molar refractivity (Wildman–Crippen MR) is 127 cm³/mol. The first-order valence-corrected chi connectivity index (χ1v) is 14.0. The number of anilines is 1. The van der Waals surface area contributed by atoms with Gasteiger partial charge in [-0.1, -0.05) is 12.1 Å². The van der Waals surface area contributed by atoms with Crippen LogP contribution in [0.5, 0.6) is 5.75 Å². The quantitative estimate of drug-likeness (QED) is 0.701. The van der Waals surface area contributed by atoms with Crippen molar-refractivity contribution in [3.8, 4) is 5.75 Å². The minimum absolute atomic E-state index is 0.0320. The second-order valence-electron chi connectivity index (χ2n) is 9.14. The Bertz CT molecular complexity index is 1080. The molecule has 1 amide bonds. The van der Waals surface area contributed by atoms with Crippen molar-refractivity contribution >= 4 is 33.0 Å². The summed E-state index contributed by atoms with van der Waals surface area (Å²) in [6.07, 6.45) is 3.77. The highest BCUT2D eigenvalue weighted by atomic mass is 32.2. The van der Waals surface area contributed by atoms with E-state index in [1.54, 1.807) is 21.8 Å². The van der Waals surface area contributed by atoms with Gasteiger partial charge in [0.25, 0.3) is 10.0 Å². The molecule has 9 heteroatoms. The van der Waals surface area contributed by atoms with Crippen LogP contribution in [0.3, 0.4) is 0 Å². The first kappa shape index (κ1) is 22.8. The molecule has 1 aromatic heterocycles. The monoisotopic (exact) mass is 490 g/mol. The number of hydrogen-bond acceptors (Lipinski definition) is 6. The van der Waals surface area contributed by atoms with Gasteiger partial charge in [-0.05, 0) is 72.6 Å². The molecule has 2 aromatic rings. The third-order valence-electron chi connectivity index (χ3n) is 7.11. The number of piperidine rings is 1. The number of nitrogens with zero attached hydrogens (tertiary/aromatic N) is 1. The van der Waals surface area contributed by atoms with Crippen LogP contribution in [0, 0.1) is 11.8 Å². The average Bonchev–Trinajstić information content (AvgIpc) is 3.37. The number of carbonyl (C=O) groups excluding carboxylic acids is 1. The first-order valence-electron chi connectivity index (χ1n) is 11.7. The molecule has 5 rings (SSSR count).